The van der Waals surface area contributed by atoms with Crippen molar-refractivity contribution >= 4 is 27.5 Å². The van der Waals surface area contributed by atoms with Crippen molar-refractivity contribution in [3.8, 4) is 0 Å². The van der Waals surface area contributed by atoms with Crippen LogP contribution in [0.1, 0.15) is 37.0 Å². The Morgan fingerprint density at radius 2 is 2.16 bits per heavy atom. The molecule has 1 rings (SSSR count). The number of halogens is 1. The molecule has 0 aliphatic carbocycles. The second kappa shape index (κ2) is 8.17. The van der Waals surface area contributed by atoms with E-state index < -0.39 is 0 Å². The molecule has 0 spiro atoms. The number of hydrogen-bond donors (Lipinski definition) is 2. The van der Waals surface area contributed by atoms with E-state index in [2.05, 4.69) is 21.2 Å². The first-order chi connectivity index (χ1) is 9.00. The zero-order chi connectivity index (χ0) is 14.3. The fourth-order valence-corrected chi connectivity index (χ4v) is 1.99. The number of hydrogen-bond acceptors (Lipinski definition) is 3. The summed E-state index contributed by atoms with van der Waals surface area (Å²) in [6, 6.07) is 5.20. The monoisotopic (exact) mass is 328 g/mol. The van der Waals surface area contributed by atoms with Crippen molar-refractivity contribution in [1.82, 2.24) is 5.32 Å². The Hall–Kier alpha value is -1.07. The Balaban J connectivity index is 2.29. The third-order valence-corrected chi connectivity index (χ3v) is 3.23. The van der Waals surface area contributed by atoms with E-state index in [4.69, 9.17) is 10.5 Å². The molecular weight excluding hydrogens is 308 g/mol. The van der Waals surface area contributed by atoms with Gasteiger partial charge in [0, 0.05) is 23.3 Å². The lowest BCUT2D eigenvalue weighted by atomic mass is 10.2. The largest absolute Gasteiger partial charge is 0.399 e. The van der Waals surface area contributed by atoms with Crippen molar-refractivity contribution in [2.45, 2.75) is 32.8 Å². The quantitative estimate of drug-likeness (QED) is 0.597. The van der Waals surface area contributed by atoms with Crippen LogP contribution in [0.4, 0.5) is 5.69 Å². The molecule has 0 aliphatic heterocycles. The van der Waals surface area contributed by atoms with Gasteiger partial charge in [-0.05, 0) is 60.8 Å². The standard InChI is InChI=1S/C14H21BrN2O2/c1-10(2)19-8-4-3-7-17-14(18)12-9-11(16)5-6-13(12)15/h5-6,9-10H,3-4,7-8,16H2,1-2H3,(H,17,18). The number of amides is 1. The summed E-state index contributed by atoms with van der Waals surface area (Å²) >= 11 is 3.34. The number of unbranched alkanes of at least 4 members (excludes halogenated alkanes) is 1. The predicted molar refractivity (Wildman–Crippen MR) is 81.2 cm³/mol. The van der Waals surface area contributed by atoms with Gasteiger partial charge in [0.2, 0.25) is 0 Å². The topological polar surface area (TPSA) is 64.3 Å². The summed E-state index contributed by atoms with van der Waals surface area (Å²) in [5, 5.41) is 2.88. The van der Waals surface area contributed by atoms with Crippen LogP contribution in [0.15, 0.2) is 22.7 Å². The van der Waals surface area contributed by atoms with Gasteiger partial charge in [0.25, 0.3) is 5.91 Å². The smallest absolute Gasteiger partial charge is 0.252 e. The van der Waals surface area contributed by atoms with Crippen molar-refractivity contribution < 1.29 is 9.53 Å². The summed E-state index contributed by atoms with van der Waals surface area (Å²) in [5.74, 6) is -0.107. The van der Waals surface area contributed by atoms with Crippen LogP contribution < -0.4 is 11.1 Å². The zero-order valence-electron chi connectivity index (χ0n) is 11.4. The van der Waals surface area contributed by atoms with Crippen LogP contribution in [0.2, 0.25) is 0 Å². The first-order valence-electron chi connectivity index (χ1n) is 6.45. The maximum Gasteiger partial charge on any atom is 0.252 e. The Bertz CT molecular complexity index is 422. The number of nitrogen functional groups attached to an aromatic ring is 1. The van der Waals surface area contributed by atoms with Crippen molar-refractivity contribution in [2.24, 2.45) is 0 Å². The molecule has 1 aromatic rings. The Morgan fingerprint density at radius 1 is 1.42 bits per heavy atom. The van der Waals surface area contributed by atoms with Crippen LogP contribution in [-0.2, 0) is 4.74 Å². The van der Waals surface area contributed by atoms with Gasteiger partial charge in [-0.1, -0.05) is 0 Å². The number of carbonyl (C=O) groups is 1. The number of nitrogens with two attached hydrogens (primary N) is 1. The van der Waals surface area contributed by atoms with Crippen molar-refractivity contribution in [3.05, 3.63) is 28.2 Å². The maximum absolute atomic E-state index is 11.9. The van der Waals surface area contributed by atoms with Crippen molar-refractivity contribution in [2.75, 3.05) is 18.9 Å². The van der Waals surface area contributed by atoms with Gasteiger partial charge in [-0.25, -0.2) is 0 Å². The molecule has 0 unspecified atom stereocenters. The minimum absolute atomic E-state index is 0.107. The third kappa shape index (κ3) is 6.07. The van der Waals surface area contributed by atoms with Crippen LogP contribution in [-0.4, -0.2) is 25.2 Å². The number of nitrogens with one attached hydrogen (secondary N) is 1. The fourth-order valence-electron chi connectivity index (χ4n) is 1.56. The Labute approximate surface area is 122 Å². The molecule has 5 heteroatoms. The lowest BCUT2D eigenvalue weighted by Crippen LogP contribution is -2.25. The molecule has 0 aromatic heterocycles. The average Bonchev–Trinajstić information content (AvgIpc) is 2.36. The number of benzene rings is 1. The minimum Gasteiger partial charge on any atom is -0.399 e. The molecule has 0 saturated carbocycles. The molecule has 1 amide bonds. The molecule has 0 heterocycles. The molecular formula is C14H21BrN2O2. The summed E-state index contributed by atoms with van der Waals surface area (Å²) in [5.41, 5.74) is 6.82. The van der Waals surface area contributed by atoms with Crippen molar-refractivity contribution in [3.63, 3.8) is 0 Å². The zero-order valence-corrected chi connectivity index (χ0v) is 13.0. The summed E-state index contributed by atoms with van der Waals surface area (Å²) < 4.78 is 6.18. The van der Waals surface area contributed by atoms with Crippen LogP contribution in [0.3, 0.4) is 0 Å². The van der Waals surface area contributed by atoms with Gasteiger partial charge in [-0.2, -0.15) is 0 Å². The highest BCUT2D eigenvalue weighted by atomic mass is 79.9. The van der Waals surface area contributed by atoms with E-state index in [9.17, 15) is 4.79 Å². The summed E-state index contributed by atoms with van der Waals surface area (Å²) in [7, 11) is 0. The molecule has 0 fully saturated rings. The molecule has 19 heavy (non-hydrogen) atoms. The van der Waals surface area contributed by atoms with E-state index in [-0.39, 0.29) is 12.0 Å². The van der Waals surface area contributed by atoms with Crippen LogP contribution in [0.5, 0.6) is 0 Å². The molecule has 3 N–H and O–H groups in total. The molecule has 0 bridgehead atoms. The van der Waals surface area contributed by atoms with E-state index in [0.29, 0.717) is 17.8 Å². The first kappa shape index (κ1) is 16.0. The van der Waals surface area contributed by atoms with Crippen molar-refractivity contribution in [1.29, 1.82) is 0 Å². The van der Waals surface area contributed by atoms with Crippen LogP contribution in [0.25, 0.3) is 0 Å². The Morgan fingerprint density at radius 3 is 2.84 bits per heavy atom. The average molecular weight is 329 g/mol. The molecule has 1 aromatic carbocycles. The summed E-state index contributed by atoms with van der Waals surface area (Å²) in [6.45, 7) is 5.40. The second-order valence-electron chi connectivity index (χ2n) is 4.62. The van der Waals surface area contributed by atoms with Crippen LogP contribution >= 0.6 is 15.9 Å². The van der Waals surface area contributed by atoms with E-state index in [1.165, 1.54) is 0 Å². The molecule has 0 aliphatic rings. The lowest BCUT2D eigenvalue weighted by Gasteiger charge is -2.09. The molecule has 4 nitrogen and oxygen atoms in total. The third-order valence-electron chi connectivity index (χ3n) is 2.54. The highest BCUT2D eigenvalue weighted by molar-refractivity contribution is 9.10. The van der Waals surface area contributed by atoms with Gasteiger partial charge in [0.05, 0.1) is 11.7 Å². The van der Waals surface area contributed by atoms with Gasteiger partial charge in [0.15, 0.2) is 0 Å². The summed E-state index contributed by atoms with van der Waals surface area (Å²) in [4.78, 5) is 11.9. The molecule has 0 saturated heterocycles. The van der Waals surface area contributed by atoms with Gasteiger partial charge in [0.1, 0.15) is 0 Å². The maximum atomic E-state index is 11.9. The normalized spacial score (nSPS) is 10.7. The van der Waals surface area contributed by atoms with Gasteiger partial charge >= 0.3 is 0 Å². The molecule has 0 atom stereocenters. The molecule has 106 valence electrons. The lowest BCUT2D eigenvalue weighted by molar-refractivity contribution is 0.0754. The molecule has 0 radical (unpaired) electrons. The minimum atomic E-state index is -0.107. The highest BCUT2D eigenvalue weighted by Gasteiger charge is 2.09. The predicted octanol–water partition coefficient (Wildman–Crippen LogP) is 2.97. The van der Waals surface area contributed by atoms with E-state index >= 15 is 0 Å². The van der Waals surface area contributed by atoms with Gasteiger partial charge in [-0.3, -0.25) is 4.79 Å². The SMILES string of the molecule is CC(C)OCCCCNC(=O)c1cc(N)ccc1Br. The van der Waals surface area contributed by atoms with E-state index in [1.54, 1.807) is 18.2 Å². The Kier molecular flexibility index (Phi) is 6.87. The fraction of sp³-hybridized carbons (Fsp3) is 0.500. The number of anilines is 1. The van der Waals surface area contributed by atoms with E-state index in [0.717, 1.165) is 23.9 Å². The van der Waals surface area contributed by atoms with Gasteiger partial charge in [-0.15, -0.1) is 0 Å². The van der Waals surface area contributed by atoms with Crippen LogP contribution in [0, 0.1) is 0 Å². The summed E-state index contributed by atoms with van der Waals surface area (Å²) in [6.07, 6.45) is 2.10. The first-order valence-corrected chi connectivity index (χ1v) is 7.25. The second-order valence-corrected chi connectivity index (χ2v) is 5.48. The number of ether oxygens (including phenoxy) is 1. The highest BCUT2D eigenvalue weighted by Crippen LogP contribution is 2.19. The number of rotatable bonds is 7. The number of carbonyl (C=O) groups excluding carboxylic acids is 1. The van der Waals surface area contributed by atoms with Gasteiger partial charge < -0.3 is 15.8 Å². The van der Waals surface area contributed by atoms with E-state index in [1.807, 2.05) is 13.8 Å².